The van der Waals surface area contributed by atoms with Crippen LogP contribution < -0.4 is 5.32 Å². The van der Waals surface area contributed by atoms with Gasteiger partial charge in [0.1, 0.15) is 6.61 Å². The number of alkyl carbamates (subject to hydrolysis) is 1. The normalized spacial score (nSPS) is 21.0. The Morgan fingerprint density at radius 2 is 1.70 bits per heavy atom. The molecule has 7 heteroatoms. The minimum atomic E-state index is -0.918. The Balaban J connectivity index is 1.10. The number of nitrogens with zero attached hydrogens (tertiary/aromatic N) is 1. The monoisotopic (exact) mass is 446 g/mol. The summed E-state index contributed by atoms with van der Waals surface area (Å²) in [6.45, 7) is 1.43. The van der Waals surface area contributed by atoms with Crippen molar-refractivity contribution in [3.63, 3.8) is 0 Å². The summed E-state index contributed by atoms with van der Waals surface area (Å²) in [6.07, 6.45) is 2.24. The fraction of sp³-hybridized carbons (Fsp3) is 0.346. The number of carboxylic acids is 1. The molecule has 2 N–H and O–H groups in total. The van der Waals surface area contributed by atoms with Crippen LogP contribution in [0.4, 0.5) is 4.79 Å². The molecule has 0 spiro atoms. The van der Waals surface area contributed by atoms with Crippen LogP contribution in [0.3, 0.4) is 0 Å². The average molecular weight is 447 g/mol. The first kappa shape index (κ1) is 21.2. The third-order valence-corrected chi connectivity index (χ3v) is 6.89. The maximum Gasteiger partial charge on any atom is 0.407 e. The number of hydrogen-bond acceptors (Lipinski definition) is 4. The van der Waals surface area contributed by atoms with Gasteiger partial charge in [-0.05, 0) is 41.0 Å². The molecular weight excluding hydrogens is 420 g/mol. The second kappa shape index (κ2) is 8.73. The number of amides is 2. The van der Waals surface area contributed by atoms with Crippen molar-refractivity contribution in [1.82, 2.24) is 10.2 Å². The third-order valence-electron chi connectivity index (χ3n) is 6.89. The fourth-order valence-corrected chi connectivity index (χ4v) is 4.94. The van der Waals surface area contributed by atoms with E-state index in [1.807, 2.05) is 24.3 Å². The number of ether oxygens (including phenoxy) is 1. The van der Waals surface area contributed by atoms with Crippen molar-refractivity contribution in [2.45, 2.75) is 18.8 Å². The molecule has 1 aliphatic heterocycles. The Bertz CT molecular complexity index is 1100. The first-order valence-electron chi connectivity index (χ1n) is 11.3. The highest BCUT2D eigenvalue weighted by Crippen LogP contribution is 2.44. The number of carboxylic acid groups (broad SMARTS) is 1. The third kappa shape index (κ3) is 4.23. The predicted molar refractivity (Wildman–Crippen MR) is 122 cm³/mol. The summed E-state index contributed by atoms with van der Waals surface area (Å²) in [5, 5.41) is 11.8. The Kier molecular flexibility index (Phi) is 5.62. The molecule has 2 aliphatic carbocycles. The van der Waals surface area contributed by atoms with Gasteiger partial charge in [0.25, 0.3) is 0 Å². The lowest BCUT2D eigenvalue weighted by atomic mass is 9.98. The summed E-state index contributed by atoms with van der Waals surface area (Å²) in [7, 11) is 0. The Hall–Kier alpha value is -3.61. The number of carbonyl (C=O) groups excluding carboxylic acids is 2. The van der Waals surface area contributed by atoms with Gasteiger partial charge in [-0.1, -0.05) is 54.6 Å². The molecule has 0 aromatic heterocycles. The molecular formula is C26H26N2O5. The van der Waals surface area contributed by atoms with Crippen LogP contribution in [0.2, 0.25) is 0 Å². The summed E-state index contributed by atoms with van der Waals surface area (Å²) in [5.74, 6) is -0.878. The Labute approximate surface area is 192 Å². The van der Waals surface area contributed by atoms with Crippen LogP contribution >= 0.6 is 0 Å². The van der Waals surface area contributed by atoms with E-state index in [0.717, 1.165) is 6.42 Å². The van der Waals surface area contributed by atoms with Crippen LogP contribution in [0.25, 0.3) is 11.1 Å². The first-order chi connectivity index (χ1) is 16.0. The van der Waals surface area contributed by atoms with E-state index in [1.165, 1.54) is 22.3 Å². The molecule has 2 amide bonds. The average Bonchev–Trinajstić information content (AvgIpc) is 3.56. The van der Waals surface area contributed by atoms with E-state index >= 15 is 0 Å². The van der Waals surface area contributed by atoms with Gasteiger partial charge < -0.3 is 20.1 Å². The molecule has 170 valence electrons. The number of carbonyl (C=O) groups is 3. The molecule has 2 unspecified atom stereocenters. The molecule has 1 fully saturated rings. The lowest BCUT2D eigenvalue weighted by molar-refractivity contribution is -0.135. The zero-order valence-corrected chi connectivity index (χ0v) is 18.2. The lowest BCUT2D eigenvalue weighted by Gasteiger charge is -2.25. The van der Waals surface area contributed by atoms with Crippen LogP contribution in [-0.4, -0.2) is 54.2 Å². The SMILES string of the molecule is O=C(NCC1CC1C(=O)N1CC=C(C(=O)O)CC1)OCC1c2ccccc2-c2ccccc21. The topological polar surface area (TPSA) is 95.9 Å². The van der Waals surface area contributed by atoms with E-state index in [2.05, 4.69) is 29.6 Å². The van der Waals surface area contributed by atoms with Gasteiger partial charge in [0.05, 0.1) is 0 Å². The molecule has 2 aromatic rings. The van der Waals surface area contributed by atoms with Gasteiger partial charge in [-0.2, -0.15) is 0 Å². The quantitative estimate of drug-likeness (QED) is 0.709. The summed E-state index contributed by atoms with van der Waals surface area (Å²) in [6, 6.07) is 16.4. The molecule has 2 aromatic carbocycles. The molecule has 0 saturated heterocycles. The van der Waals surface area contributed by atoms with Crippen molar-refractivity contribution in [2.75, 3.05) is 26.2 Å². The Morgan fingerprint density at radius 3 is 2.30 bits per heavy atom. The van der Waals surface area contributed by atoms with Crippen molar-refractivity contribution < 1.29 is 24.2 Å². The maximum absolute atomic E-state index is 12.6. The Morgan fingerprint density at radius 1 is 1.03 bits per heavy atom. The maximum atomic E-state index is 12.6. The summed E-state index contributed by atoms with van der Waals surface area (Å²) >= 11 is 0. The molecule has 1 heterocycles. The van der Waals surface area contributed by atoms with Crippen molar-refractivity contribution in [3.05, 3.63) is 71.3 Å². The standard InChI is InChI=1S/C26H26N2O5/c29-24(28-11-9-16(10-12-28)25(30)31)22-13-17(22)14-27-26(32)33-15-23-20-7-3-1-5-18(20)19-6-2-4-8-21(19)23/h1-9,17,22-23H,10-15H2,(H,27,32)(H,30,31). The summed E-state index contributed by atoms with van der Waals surface area (Å²) in [5.41, 5.74) is 5.07. The molecule has 3 aliphatic rings. The zero-order chi connectivity index (χ0) is 22.9. The van der Waals surface area contributed by atoms with Crippen molar-refractivity contribution in [3.8, 4) is 11.1 Å². The van der Waals surface area contributed by atoms with Crippen LogP contribution in [0.1, 0.15) is 29.9 Å². The first-order valence-corrected chi connectivity index (χ1v) is 11.3. The van der Waals surface area contributed by atoms with Gasteiger partial charge in [0, 0.05) is 37.0 Å². The van der Waals surface area contributed by atoms with E-state index in [1.54, 1.807) is 11.0 Å². The van der Waals surface area contributed by atoms with Gasteiger partial charge in [-0.3, -0.25) is 4.79 Å². The van der Waals surface area contributed by atoms with Gasteiger partial charge in [0.15, 0.2) is 0 Å². The smallest absolute Gasteiger partial charge is 0.407 e. The number of benzene rings is 2. The molecule has 7 nitrogen and oxygen atoms in total. The number of nitrogens with one attached hydrogen (secondary N) is 1. The van der Waals surface area contributed by atoms with Gasteiger partial charge in [-0.25, -0.2) is 9.59 Å². The van der Waals surface area contributed by atoms with E-state index < -0.39 is 12.1 Å². The minimum Gasteiger partial charge on any atom is -0.478 e. The number of rotatable bonds is 6. The van der Waals surface area contributed by atoms with Crippen molar-refractivity contribution in [2.24, 2.45) is 11.8 Å². The van der Waals surface area contributed by atoms with Crippen LogP contribution in [0.5, 0.6) is 0 Å². The minimum absolute atomic E-state index is 0.0150. The van der Waals surface area contributed by atoms with E-state index in [4.69, 9.17) is 9.84 Å². The van der Waals surface area contributed by atoms with E-state index in [9.17, 15) is 14.4 Å². The fourth-order valence-electron chi connectivity index (χ4n) is 4.94. The number of fused-ring (bicyclic) bond motifs is 3. The second-order valence-corrected chi connectivity index (χ2v) is 8.88. The van der Waals surface area contributed by atoms with Crippen molar-refractivity contribution in [1.29, 1.82) is 0 Å². The van der Waals surface area contributed by atoms with E-state index in [0.29, 0.717) is 31.6 Å². The van der Waals surface area contributed by atoms with Crippen molar-refractivity contribution >= 4 is 18.0 Å². The molecule has 2 atom stereocenters. The van der Waals surface area contributed by atoms with Crippen LogP contribution in [0.15, 0.2) is 60.2 Å². The highest BCUT2D eigenvalue weighted by Gasteiger charge is 2.45. The second-order valence-electron chi connectivity index (χ2n) is 8.88. The molecule has 5 rings (SSSR count). The highest BCUT2D eigenvalue weighted by molar-refractivity contribution is 5.88. The zero-order valence-electron chi connectivity index (χ0n) is 18.2. The molecule has 0 bridgehead atoms. The van der Waals surface area contributed by atoms with Crippen LogP contribution in [0, 0.1) is 11.8 Å². The van der Waals surface area contributed by atoms with Gasteiger partial charge in [0.2, 0.25) is 5.91 Å². The molecule has 1 saturated carbocycles. The van der Waals surface area contributed by atoms with Gasteiger partial charge in [-0.15, -0.1) is 0 Å². The highest BCUT2D eigenvalue weighted by atomic mass is 16.5. The molecule has 33 heavy (non-hydrogen) atoms. The number of hydrogen-bond donors (Lipinski definition) is 2. The molecule has 0 radical (unpaired) electrons. The van der Waals surface area contributed by atoms with E-state index in [-0.39, 0.29) is 30.3 Å². The van der Waals surface area contributed by atoms with Crippen LogP contribution in [-0.2, 0) is 14.3 Å². The van der Waals surface area contributed by atoms with Gasteiger partial charge >= 0.3 is 12.1 Å². The predicted octanol–water partition coefficient (Wildman–Crippen LogP) is 3.40. The summed E-state index contributed by atoms with van der Waals surface area (Å²) in [4.78, 5) is 37.7. The summed E-state index contributed by atoms with van der Waals surface area (Å²) < 4.78 is 5.56. The largest absolute Gasteiger partial charge is 0.478 e. The number of aliphatic carboxylic acids is 1. The lowest BCUT2D eigenvalue weighted by Crippen LogP contribution is -2.37.